The molecule has 0 aromatic rings. The molecule has 5 heteroatoms. The van der Waals surface area contributed by atoms with Gasteiger partial charge in [-0.3, -0.25) is 9.36 Å². The van der Waals surface area contributed by atoms with Crippen LogP contribution in [0.1, 0.15) is 6.42 Å². The molecule has 4 nitrogen and oxygen atoms in total. The van der Waals surface area contributed by atoms with Crippen molar-refractivity contribution in [2.24, 2.45) is 0 Å². The summed E-state index contributed by atoms with van der Waals surface area (Å²) in [7, 11) is -1.73. The second-order valence-corrected chi connectivity index (χ2v) is 4.88. The lowest BCUT2D eigenvalue weighted by Gasteiger charge is -2.12. The topological polar surface area (TPSA) is 63.6 Å². The fourth-order valence-electron chi connectivity index (χ4n) is 1.03. The first-order valence-corrected chi connectivity index (χ1v) is 4.92. The first-order chi connectivity index (χ1) is 5.10. The highest BCUT2D eigenvalue weighted by molar-refractivity contribution is 7.64. The smallest absolute Gasteiger partial charge is 0.316 e. The van der Waals surface area contributed by atoms with Crippen LogP contribution in [0.4, 0.5) is 0 Å². The van der Waals surface area contributed by atoms with Crippen molar-refractivity contribution in [3.05, 3.63) is 11.9 Å². The van der Waals surface area contributed by atoms with Gasteiger partial charge in [0.05, 0.1) is 0 Å². The van der Waals surface area contributed by atoms with Gasteiger partial charge in [-0.15, -0.1) is 0 Å². The number of carboxylic acids is 1. The van der Waals surface area contributed by atoms with Crippen molar-refractivity contribution in [3.8, 4) is 0 Å². The summed E-state index contributed by atoms with van der Waals surface area (Å²) in [4.78, 5) is 10.5. The molecule has 62 valence electrons. The highest BCUT2D eigenvalue weighted by Crippen LogP contribution is 2.57. The van der Waals surface area contributed by atoms with E-state index in [1.165, 1.54) is 12.9 Å². The van der Waals surface area contributed by atoms with Crippen LogP contribution in [0.25, 0.3) is 0 Å². The quantitative estimate of drug-likeness (QED) is 0.643. The van der Waals surface area contributed by atoms with Crippen LogP contribution in [-0.4, -0.2) is 23.8 Å². The first-order valence-electron chi connectivity index (χ1n) is 3.16. The van der Waals surface area contributed by atoms with Gasteiger partial charge in [0, 0.05) is 7.11 Å². The van der Waals surface area contributed by atoms with E-state index in [0.717, 1.165) is 0 Å². The maximum Gasteiger partial charge on any atom is 0.316 e. The van der Waals surface area contributed by atoms with Gasteiger partial charge in [0.2, 0.25) is 7.37 Å². The van der Waals surface area contributed by atoms with E-state index < -0.39 is 19.0 Å². The molecular formula is C6H9O4P. The summed E-state index contributed by atoms with van der Waals surface area (Å²) >= 11 is 0. The van der Waals surface area contributed by atoms with Crippen LogP contribution in [-0.2, 0) is 13.9 Å². The van der Waals surface area contributed by atoms with E-state index in [0.29, 0.717) is 6.42 Å². The minimum absolute atomic E-state index is 0.306. The Kier molecular flexibility index (Phi) is 2.16. The van der Waals surface area contributed by atoms with Gasteiger partial charge in [0.15, 0.2) is 0 Å². The summed E-state index contributed by atoms with van der Waals surface area (Å²) in [6.45, 7) is 0. The van der Waals surface area contributed by atoms with E-state index in [1.807, 2.05) is 0 Å². The standard InChI is InChI=1S/C6H9O4P/c1-10-11(9)4-2-3-5(11)6(7)8/h2,4-5H,3H2,1H3,(H,7,8). The average molecular weight is 176 g/mol. The Morgan fingerprint density at radius 1 is 1.82 bits per heavy atom. The summed E-state index contributed by atoms with van der Waals surface area (Å²) in [5.74, 6) is 0.311. The van der Waals surface area contributed by atoms with Crippen molar-refractivity contribution in [1.29, 1.82) is 0 Å². The van der Waals surface area contributed by atoms with Gasteiger partial charge in [0.1, 0.15) is 5.66 Å². The SMILES string of the molecule is COP1(=O)C=CCC1C(=O)O. The van der Waals surface area contributed by atoms with Crippen LogP contribution in [0, 0.1) is 0 Å². The third-order valence-corrected chi connectivity index (χ3v) is 4.18. The molecule has 2 unspecified atom stereocenters. The Labute approximate surface area is 64.3 Å². The fraction of sp³-hybridized carbons (Fsp3) is 0.500. The average Bonchev–Trinajstić information content (AvgIpc) is 2.32. The highest BCUT2D eigenvalue weighted by atomic mass is 31.2. The van der Waals surface area contributed by atoms with Crippen LogP contribution < -0.4 is 0 Å². The Bertz CT molecular complexity index is 245. The fourth-order valence-corrected chi connectivity index (χ4v) is 2.75. The molecule has 1 rings (SSSR count). The van der Waals surface area contributed by atoms with Crippen molar-refractivity contribution < 1.29 is 19.0 Å². The third kappa shape index (κ3) is 1.37. The zero-order chi connectivity index (χ0) is 8.48. The maximum absolute atomic E-state index is 11.5. The number of carboxylic acid groups (broad SMARTS) is 1. The minimum Gasteiger partial charge on any atom is -0.481 e. The number of carbonyl (C=O) groups is 1. The lowest BCUT2D eigenvalue weighted by molar-refractivity contribution is -0.136. The monoisotopic (exact) mass is 176 g/mol. The van der Waals surface area contributed by atoms with Crippen molar-refractivity contribution in [1.82, 2.24) is 0 Å². The summed E-state index contributed by atoms with van der Waals surface area (Å²) < 4.78 is 16.1. The molecule has 0 bridgehead atoms. The Morgan fingerprint density at radius 2 is 2.45 bits per heavy atom. The molecule has 0 aromatic carbocycles. The van der Waals surface area contributed by atoms with E-state index in [4.69, 9.17) is 5.11 Å². The van der Waals surface area contributed by atoms with Crippen LogP contribution in [0.3, 0.4) is 0 Å². The van der Waals surface area contributed by atoms with Crippen LogP contribution in [0.5, 0.6) is 0 Å². The van der Waals surface area contributed by atoms with Crippen molar-refractivity contribution in [2.45, 2.75) is 12.1 Å². The van der Waals surface area contributed by atoms with Gasteiger partial charge in [-0.1, -0.05) is 6.08 Å². The maximum atomic E-state index is 11.5. The van der Waals surface area contributed by atoms with Gasteiger partial charge >= 0.3 is 5.97 Å². The molecule has 0 amide bonds. The molecule has 1 heterocycles. The number of hydrogen-bond acceptors (Lipinski definition) is 3. The Hall–Kier alpha value is -0.600. The van der Waals surface area contributed by atoms with Crippen LogP contribution in [0.15, 0.2) is 11.9 Å². The number of aliphatic carboxylic acids is 1. The number of allylic oxidation sites excluding steroid dienone is 1. The second kappa shape index (κ2) is 2.80. The van der Waals surface area contributed by atoms with Crippen molar-refractivity contribution in [3.63, 3.8) is 0 Å². The molecule has 2 atom stereocenters. The first kappa shape index (κ1) is 8.50. The van der Waals surface area contributed by atoms with E-state index in [1.54, 1.807) is 6.08 Å². The zero-order valence-electron chi connectivity index (χ0n) is 6.06. The molecule has 1 aliphatic heterocycles. The Balaban J connectivity index is 2.88. The minimum atomic E-state index is -3.00. The van der Waals surface area contributed by atoms with E-state index in [2.05, 4.69) is 4.52 Å². The third-order valence-electron chi connectivity index (χ3n) is 1.68. The molecule has 0 aliphatic carbocycles. The van der Waals surface area contributed by atoms with Gasteiger partial charge in [-0.25, -0.2) is 0 Å². The Morgan fingerprint density at radius 3 is 2.82 bits per heavy atom. The van der Waals surface area contributed by atoms with Crippen LogP contribution >= 0.6 is 7.37 Å². The molecule has 0 saturated carbocycles. The lowest BCUT2D eigenvalue weighted by atomic mass is 10.3. The van der Waals surface area contributed by atoms with E-state index >= 15 is 0 Å². The summed E-state index contributed by atoms with van der Waals surface area (Å²) in [6.07, 6.45) is 1.89. The van der Waals surface area contributed by atoms with Gasteiger partial charge in [0.25, 0.3) is 0 Å². The van der Waals surface area contributed by atoms with E-state index in [9.17, 15) is 9.36 Å². The normalized spacial score (nSPS) is 35.9. The second-order valence-electron chi connectivity index (χ2n) is 2.30. The van der Waals surface area contributed by atoms with Gasteiger partial charge in [-0.2, -0.15) is 0 Å². The molecular weight excluding hydrogens is 167 g/mol. The van der Waals surface area contributed by atoms with Gasteiger partial charge in [-0.05, 0) is 12.2 Å². The molecule has 0 spiro atoms. The summed E-state index contributed by atoms with van der Waals surface area (Å²) in [6, 6.07) is 0. The zero-order valence-corrected chi connectivity index (χ0v) is 6.95. The van der Waals surface area contributed by atoms with Crippen molar-refractivity contribution >= 4 is 13.3 Å². The highest BCUT2D eigenvalue weighted by Gasteiger charge is 2.39. The number of hydrogen-bond donors (Lipinski definition) is 1. The molecule has 0 fully saturated rings. The van der Waals surface area contributed by atoms with Crippen molar-refractivity contribution in [2.75, 3.05) is 7.11 Å². The molecule has 11 heavy (non-hydrogen) atoms. The summed E-state index contributed by atoms with van der Waals surface area (Å²) in [5, 5.41) is 8.59. The van der Waals surface area contributed by atoms with Gasteiger partial charge < -0.3 is 9.63 Å². The summed E-state index contributed by atoms with van der Waals surface area (Å²) in [5.41, 5.74) is -0.868. The number of rotatable bonds is 2. The molecule has 0 radical (unpaired) electrons. The molecule has 0 saturated heterocycles. The molecule has 1 aliphatic rings. The van der Waals surface area contributed by atoms with Crippen LogP contribution in [0.2, 0.25) is 0 Å². The molecule has 0 aromatic heterocycles. The lowest BCUT2D eigenvalue weighted by Crippen LogP contribution is -2.16. The predicted molar refractivity (Wildman–Crippen MR) is 39.8 cm³/mol. The predicted octanol–water partition coefficient (Wildman–Crippen LogP) is 1.28. The molecule has 1 N–H and O–H groups in total. The van der Waals surface area contributed by atoms with E-state index in [-0.39, 0.29) is 0 Å². The largest absolute Gasteiger partial charge is 0.481 e.